The van der Waals surface area contributed by atoms with Crippen LogP contribution in [0.4, 0.5) is 0 Å². The summed E-state index contributed by atoms with van der Waals surface area (Å²) in [7, 11) is 0. The van der Waals surface area contributed by atoms with Gasteiger partial charge in [-0.05, 0) is 36.2 Å². The zero-order valence-electron chi connectivity index (χ0n) is 12.2. The second-order valence-electron chi connectivity index (χ2n) is 7.51. The first-order valence-corrected chi connectivity index (χ1v) is 7.53. The fraction of sp³-hybridized carbons (Fsp3) is 0.611. The molecule has 6 atom stereocenters. The number of carbonyl (C=O) groups is 1. The van der Waals surface area contributed by atoms with Crippen LogP contribution >= 0.6 is 0 Å². The van der Waals surface area contributed by atoms with Crippen molar-refractivity contribution < 1.29 is 4.79 Å². The van der Waals surface area contributed by atoms with Gasteiger partial charge in [-0.25, -0.2) is 0 Å². The molecule has 1 aromatic carbocycles. The van der Waals surface area contributed by atoms with E-state index in [0.29, 0.717) is 29.5 Å². The lowest BCUT2D eigenvalue weighted by Gasteiger charge is -2.52. The average molecular weight is 254 g/mol. The summed E-state index contributed by atoms with van der Waals surface area (Å²) in [5, 5.41) is 0. The summed E-state index contributed by atoms with van der Waals surface area (Å²) in [5.74, 6) is 2.55. The molecule has 4 bridgehead atoms. The molecule has 0 N–H and O–H groups in total. The molecule has 4 aliphatic rings. The third kappa shape index (κ3) is 0.978. The van der Waals surface area contributed by atoms with Crippen LogP contribution in [0.3, 0.4) is 0 Å². The minimum Gasteiger partial charge on any atom is -0.299 e. The number of rotatable bonds is 1. The van der Waals surface area contributed by atoms with Gasteiger partial charge in [0, 0.05) is 17.3 Å². The van der Waals surface area contributed by atoms with Gasteiger partial charge in [-0.2, -0.15) is 0 Å². The van der Waals surface area contributed by atoms with Gasteiger partial charge in [0.1, 0.15) is 5.78 Å². The summed E-state index contributed by atoms with van der Waals surface area (Å²) in [6.07, 6.45) is 1.26. The third-order valence-corrected chi connectivity index (χ3v) is 7.17. The molecule has 0 spiro atoms. The van der Waals surface area contributed by atoms with Crippen molar-refractivity contribution in [3.63, 3.8) is 0 Å². The lowest BCUT2D eigenvalue weighted by atomic mass is 9.50. The fourth-order valence-corrected chi connectivity index (χ4v) is 5.85. The monoisotopic (exact) mass is 254 g/mol. The van der Waals surface area contributed by atoms with Crippen molar-refractivity contribution in [2.45, 2.75) is 40.0 Å². The molecule has 1 nitrogen and oxygen atoms in total. The van der Waals surface area contributed by atoms with Crippen LogP contribution in [0.1, 0.15) is 44.2 Å². The van der Waals surface area contributed by atoms with E-state index >= 15 is 0 Å². The molecule has 0 heterocycles. The van der Waals surface area contributed by atoms with Crippen LogP contribution in [0.2, 0.25) is 0 Å². The first-order chi connectivity index (χ1) is 8.92. The minimum atomic E-state index is -0.0715. The Morgan fingerprint density at radius 3 is 2.32 bits per heavy atom. The molecule has 0 radical (unpaired) electrons. The van der Waals surface area contributed by atoms with Crippen LogP contribution in [0, 0.1) is 35.5 Å². The smallest absolute Gasteiger partial charge is 0.143 e. The van der Waals surface area contributed by atoms with Gasteiger partial charge in [0.25, 0.3) is 0 Å². The molecule has 0 aliphatic heterocycles. The highest BCUT2D eigenvalue weighted by Crippen LogP contribution is 2.83. The Kier molecular flexibility index (Phi) is 1.93. The Hall–Kier alpha value is -1.11. The molecule has 1 heteroatoms. The highest BCUT2D eigenvalue weighted by Gasteiger charge is 2.83. The van der Waals surface area contributed by atoms with Crippen molar-refractivity contribution in [3.05, 3.63) is 35.4 Å². The lowest BCUT2D eigenvalue weighted by Crippen LogP contribution is -2.46. The molecule has 5 rings (SSSR count). The Morgan fingerprint density at radius 2 is 1.79 bits per heavy atom. The number of Topliss-reactive ketones (excluding diaryl/α,β-unsaturated/α-hetero) is 1. The Bertz CT molecular complexity index is 572. The van der Waals surface area contributed by atoms with Crippen LogP contribution in [0.15, 0.2) is 24.3 Å². The SMILES string of the molecule is Cc1ccc(C2C3C(=O)C4(C)C(C)CC3C24C)cc1. The van der Waals surface area contributed by atoms with E-state index in [9.17, 15) is 4.79 Å². The molecule has 0 aromatic heterocycles. The molecule has 4 aliphatic carbocycles. The van der Waals surface area contributed by atoms with Gasteiger partial charge >= 0.3 is 0 Å². The van der Waals surface area contributed by atoms with E-state index in [2.05, 4.69) is 52.0 Å². The van der Waals surface area contributed by atoms with Crippen molar-refractivity contribution in [2.24, 2.45) is 28.6 Å². The summed E-state index contributed by atoms with van der Waals surface area (Å²) in [4.78, 5) is 12.8. The highest BCUT2D eigenvalue weighted by atomic mass is 16.1. The zero-order chi connectivity index (χ0) is 13.6. The quantitative estimate of drug-likeness (QED) is 0.741. The topological polar surface area (TPSA) is 17.1 Å². The van der Waals surface area contributed by atoms with Gasteiger partial charge in [-0.3, -0.25) is 4.79 Å². The lowest BCUT2D eigenvalue weighted by molar-refractivity contribution is -0.130. The van der Waals surface area contributed by atoms with Crippen LogP contribution in [-0.2, 0) is 4.79 Å². The highest BCUT2D eigenvalue weighted by molar-refractivity contribution is 5.97. The van der Waals surface area contributed by atoms with Gasteiger partial charge < -0.3 is 0 Å². The maximum Gasteiger partial charge on any atom is 0.143 e. The fourth-order valence-electron chi connectivity index (χ4n) is 5.85. The maximum absolute atomic E-state index is 12.8. The van der Waals surface area contributed by atoms with Crippen molar-refractivity contribution in [2.75, 3.05) is 0 Å². The Balaban J connectivity index is 1.83. The number of carbonyl (C=O) groups excluding carboxylic acids is 1. The van der Waals surface area contributed by atoms with Crippen LogP contribution in [0.25, 0.3) is 0 Å². The minimum absolute atomic E-state index is 0.0715. The summed E-state index contributed by atoms with van der Waals surface area (Å²) in [5.41, 5.74) is 2.83. The van der Waals surface area contributed by atoms with Crippen LogP contribution in [-0.4, -0.2) is 5.78 Å². The Labute approximate surface area is 115 Å². The first kappa shape index (κ1) is 11.7. The van der Waals surface area contributed by atoms with Crippen molar-refractivity contribution >= 4 is 5.78 Å². The molecule has 4 saturated carbocycles. The molecule has 6 unspecified atom stereocenters. The van der Waals surface area contributed by atoms with Gasteiger partial charge in [0.2, 0.25) is 0 Å². The molecule has 0 saturated heterocycles. The van der Waals surface area contributed by atoms with Gasteiger partial charge in [0.15, 0.2) is 0 Å². The molecule has 4 fully saturated rings. The third-order valence-electron chi connectivity index (χ3n) is 7.17. The number of aryl methyl sites for hydroxylation is 1. The summed E-state index contributed by atoms with van der Waals surface area (Å²) < 4.78 is 0. The van der Waals surface area contributed by atoms with E-state index in [4.69, 9.17) is 0 Å². The predicted octanol–water partition coefficient (Wildman–Crippen LogP) is 3.96. The van der Waals surface area contributed by atoms with Crippen molar-refractivity contribution in [1.82, 2.24) is 0 Å². The van der Waals surface area contributed by atoms with Gasteiger partial charge in [-0.1, -0.05) is 50.6 Å². The second-order valence-corrected chi connectivity index (χ2v) is 7.51. The molecular formula is C18H22O. The molecule has 0 amide bonds. The van der Waals surface area contributed by atoms with E-state index in [1.807, 2.05) is 0 Å². The van der Waals surface area contributed by atoms with Gasteiger partial charge in [-0.15, -0.1) is 0 Å². The molecular weight excluding hydrogens is 232 g/mol. The number of ketones is 1. The van der Waals surface area contributed by atoms with Gasteiger partial charge in [0.05, 0.1) is 0 Å². The normalized spacial score (nSPS) is 50.4. The summed E-state index contributed by atoms with van der Waals surface area (Å²) in [6, 6.07) is 8.87. The first-order valence-electron chi connectivity index (χ1n) is 7.53. The largest absolute Gasteiger partial charge is 0.299 e. The van der Waals surface area contributed by atoms with Crippen LogP contribution < -0.4 is 0 Å². The van der Waals surface area contributed by atoms with Crippen LogP contribution in [0.5, 0.6) is 0 Å². The summed E-state index contributed by atoms with van der Waals surface area (Å²) in [6.45, 7) is 9.03. The van der Waals surface area contributed by atoms with E-state index in [1.54, 1.807) is 0 Å². The summed E-state index contributed by atoms with van der Waals surface area (Å²) >= 11 is 0. The van der Waals surface area contributed by atoms with E-state index in [0.717, 1.165) is 0 Å². The van der Waals surface area contributed by atoms with E-state index < -0.39 is 0 Å². The number of benzene rings is 1. The number of hydrogen-bond acceptors (Lipinski definition) is 1. The molecule has 100 valence electrons. The standard InChI is InChI=1S/C18H22O/c1-10-5-7-12(8-6-10)15-14-13-9-11(2)17(3,16(14)19)18(13,15)4/h5-8,11,13-15H,9H2,1-4H3. The van der Waals surface area contributed by atoms with Crippen molar-refractivity contribution in [1.29, 1.82) is 0 Å². The number of hydrogen-bond donors (Lipinski definition) is 0. The second kappa shape index (κ2) is 3.13. The van der Waals surface area contributed by atoms with E-state index in [1.165, 1.54) is 17.5 Å². The molecule has 1 aromatic rings. The molecule has 19 heavy (non-hydrogen) atoms. The Morgan fingerprint density at radius 1 is 1.16 bits per heavy atom. The maximum atomic E-state index is 12.8. The zero-order valence-corrected chi connectivity index (χ0v) is 12.2. The van der Waals surface area contributed by atoms with Crippen molar-refractivity contribution in [3.8, 4) is 0 Å². The average Bonchev–Trinajstić information content (AvgIpc) is 2.74. The van der Waals surface area contributed by atoms with E-state index in [-0.39, 0.29) is 10.8 Å². The predicted molar refractivity (Wildman–Crippen MR) is 75.9 cm³/mol.